The first-order valence-corrected chi connectivity index (χ1v) is 9.48. The number of likely N-dealkylation sites (N-methyl/N-ethyl adjacent to an activating group) is 1. The molecule has 136 valence electrons. The summed E-state index contributed by atoms with van der Waals surface area (Å²) in [5.74, 6) is -0.682. The van der Waals surface area contributed by atoms with Crippen LogP contribution in [-0.4, -0.2) is 37.0 Å². The molecule has 1 amide bonds. The van der Waals surface area contributed by atoms with E-state index in [-0.39, 0.29) is 11.9 Å². The maximum atomic E-state index is 13.2. The molecule has 0 spiro atoms. The van der Waals surface area contributed by atoms with Crippen LogP contribution in [0.3, 0.4) is 0 Å². The summed E-state index contributed by atoms with van der Waals surface area (Å²) in [6, 6.07) is 11.5. The van der Waals surface area contributed by atoms with Crippen molar-refractivity contribution in [2.24, 2.45) is 10.7 Å². The molecule has 0 aliphatic carbocycles. The number of carbonyl (C=O) groups excluding carboxylic acids is 1. The molecule has 1 fully saturated rings. The molecule has 1 atom stereocenters. The fourth-order valence-electron chi connectivity index (χ4n) is 3.56. The second kappa shape index (κ2) is 6.19. The highest BCUT2D eigenvalue weighted by atomic mass is 32.1. The molecule has 2 aromatic rings. The van der Waals surface area contributed by atoms with Crippen LogP contribution in [0.2, 0.25) is 0 Å². The van der Waals surface area contributed by atoms with Crippen LogP contribution in [0.5, 0.6) is 0 Å². The predicted molar refractivity (Wildman–Crippen MR) is 99.8 cm³/mol. The second-order valence-corrected chi connectivity index (χ2v) is 7.32. The summed E-state index contributed by atoms with van der Waals surface area (Å²) in [5, 5.41) is 1.96. The van der Waals surface area contributed by atoms with Gasteiger partial charge in [0.2, 0.25) is 5.79 Å². The van der Waals surface area contributed by atoms with Gasteiger partial charge in [0.1, 0.15) is 0 Å². The molecule has 4 rings (SSSR count). The Morgan fingerprint density at radius 1 is 1.23 bits per heavy atom. The van der Waals surface area contributed by atoms with Gasteiger partial charge in [-0.1, -0.05) is 37.3 Å². The van der Waals surface area contributed by atoms with Crippen molar-refractivity contribution in [3.05, 3.63) is 57.8 Å². The van der Waals surface area contributed by atoms with Gasteiger partial charge in [-0.2, -0.15) is 0 Å². The van der Waals surface area contributed by atoms with Crippen LogP contribution in [0.25, 0.3) is 0 Å². The van der Waals surface area contributed by atoms with Crippen LogP contribution in [0.15, 0.2) is 46.8 Å². The van der Waals surface area contributed by atoms with Crippen LogP contribution >= 0.6 is 11.3 Å². The van der Waals surface area contributed by atoms with Gasteiger partial charge in [-0.3, -0.25) is 9.69 Å². The Morgan fingerprint density at radius 2 is 1.92 bits per heavy atom. The average Bonchev–Trinajstić information content (AvgIpc) is 3.39. The minimum Gasteiger partial charge on any atom is -0.369 e. The lowest BCUT2D eigenvalue weighted by molar-refractivity contribution is -0.164. The molecule has 1 unspecified atom stereocenters. The molecule has 2 aliphatic rings. The maximum absolute atomic E-state index is 13.2. The van der Waals surface area contributed by atoms with Crippen LogP contribution in [0.1, 0.15) is 29.3 Å². The summed E-state index contributed by atoms with van der Waals surface area (Å²) < 4.78 is 11.8. The monoisotopic (exact) mass is 371 g/mol. The molecule has 2 N–H and O–H groups in total. The largest absolute Gasteiger partial charge is 0.369 e. The quantitative estimate of drug-likeness (QED) is 0.895. The van der Waals surface area contributed by atoms with Gasteiger partial charge < -0.3 is 15.2 Å². The molecule has 7 heteroatoms. The van der Waals surface area contributed by atoms with Crippen molar-refractivity contribution in [2.45, 2.75) is 24.7 Å². The smallest absolute Gasteiger partial charge is 0.266 e. The number of nitrogens with two attached hydrogens (primary N) is 1. The molecular formula is C19H21N3O3S. The molecule has 0 radical (unpaired) electrons. The average molecular weight is 371 g/mol. The highest BCUT2D eigenvalue weighted by molar-refractivity contribution is 7.10. The lowest BCUT2D eigenvalue weighted by Gasteiger charge is -2.26. The number of guanidine groups is 1. The van der Waals surface area contributed by atoms with E-state index in [0.717, 1.165) is 16.0 Å². The van der Waals surface area contributed by atoms with Crippen molar-refractivity contribution < 1.29 is 14.3 Å². The standard InChI is InChI=1S/C19H21N3O3S/c1-3-18(24-9-10-25-18)15-11-14(12-26-15)19(13-7-5-4-6-8-13)16(23)22(2)17(20)21-19/h4-8,11-12H,3,9-10H2,1-2H3,(H2,20,21). The molecule has 0 bridgehead atoms. The fourth-order valence-corrected chi connectivity index (χ4v) is 4.69. The van der Waals surface area contributed by atoms with Gasteiger partial charge in [0.25, 0.3) is 5.91 Å². The third-order valence-corrected chi connectivity index (χ3v) is 6.10. The lowest BCUT2D eigenvalue weighted by atomic mass is 9.84. The van der Waals surface area contributed by atoms with Gasteiger partial charge in [0, 0.05) is 19.0 Å². The molecule has 0 saturated carbocycles. The lowest BCUT2D eigenvalue weighted by Crippen LogP contribution is -2.41. The zero-order valence-electron chi connectivity index (χ0n) is 14.8. The summed E-state index contributed by atoms with van der Waals surface area (Å²) >= 11 is 1.52. The number of hydrogen-bond donors (Lipinski definition) is 1. The first kappa shape index (κ1) is 17.2. The van der Waals surface area contributed by atoms with Crippen LogP contribution in [0, 0.1) is 0 Å². The molecule has 1 aromatic carbocycles. The Morgan fingerprint density at radius 3 is 2.50 bits per heavy atom. The molecule has 1 aromatic heterocycles. The van der Waals surface area contributed by atoms with Crippen molar-refractivity contribution in [1.82, 2.24) is 4.90 Å². The number of ether oxygens (including phenoxy) is 2. The Hall–Kier alpha value is -2.22. The molecule has 3 heterocycles. The summed E-state index contributed by atoms with van der Waals surface area (Å²) in [6.45, 7) is 3.16. The summed E-state index contributed by atoms with van der Waals surface area (Å²) in [7, 11) is 1.65. The summed E-state index contributed by atoms with van der Waals surface area (Å²) in [4.78, 5) is 20.1. The number of nitrogens with zero attached hydrogens (tertiary/aromatic N) is 2. The van der Waals surface area contributed by atoms with Crippen molar-refractivity contribution in [2.75, 3.05) is 20.3 Å². The van der Waals surface area contributed by atoms with Crippen LogP contribution < -0.4 is 5.73 Å². The number of thiophene rings is 1. The highest BCUT2D eigenvalue weighted by Gasteiger charge is 2.51. The predicted octanol–water partition coefficient (Wildman–Crippen LogP) is 2.39. The Labute approximate surface area is 156 Å². The van der Waals surface area contributed by atoms with Gasteiger partial charge in [0.05, 0.1) is 18.1 Å². The van der Waals surface area contributed by atoms with Gasteiger partial charge in [-0.25, -0.2) is 4.99 Å². The van der Waals surface area contributed by atoms with E-state index in [4.69, 9.17) is 15.2 Å². The SMILES string of the molecule is CCC1(c2cc(C3(c4ccccc4)N=C(N)N(C)C3=O)cs2)OCCO1. The maximum Gasteiger partial charge on any atom is 0.266 e. The Bertz CT molecular complexity index is 858. The van der Waals surface area contributed by atoms with Crippen molar-refractivity contribution >= 4 is 23.2 Å². The van der Waals surface area contributed by atoms with Crippen molar-refractivity contribution in [1.29, 1.82) is 0 Å². The minimum absolute atomic E-state index is 0.163. The van der Waals surface area contributed by atoms with E-state index in [1.807, 2.05) is 48.7 Å². The van der Waals surface area contributed by atoms with E-state index in [0.29, 0.717) is 19.6 Å². The van der Waals surface area contributed by atoms with E-state index in [1.54, 1.807) is 7.05 Å². The third kappa shape index (κ3) is 2.31. The summed E-state index contributed by atoms with van der Waals surface area (Å²) in [5.41, 5.74) is 6.42. The molecule has 1 saturated heterocycles. The van der Waals surface area contributed by atoms with E-state index >= 15 is 0 Å². The topological polar surface area (TPSA) is 77.2 Å². The van der Waals surface area contributed by atoms with E-state index in [9.17, 15) is 4.79 Å². The molecule has 2 aliphatic heterocycles. The fraction of sp³-hybridized carbons (Fsp3) is 0.368. The third-order valence-electron chi connectivity index (χ3n) is 5.04. The molecule has 26 heavy (non-hydrogen) atoms. The van der Waals surface area contributed by atoms with E-state index in [1.165, 1.54) is 16.2 Å². The number of carbonyl (C=O) groups is 1. The van der Waals surface area contributed by atoms with Gasteiger partial charge >= 0.3 is 0 Å². The number of hydrogen-bond acceptors (Lipinski definition) is 6. The highest BCUT2D eigenvalue weighted by Crippen LogP contribution is 2.45. The first-order valence-electron chi connectivity index (χ1n) is 8.60. The van der Waals surface area contributed by atoms with Gasteiger partial charge in [-0.15, -0.1) is 11.3 Å². The molecular weight excluding hydrogens is 350 g/mol. The van der Waals surface area contributed by atoms with E-state index in [2.05, 4.69) is 4.99 Å². The summed E-state index contributed by atoms with van der Waals surface area (Å²) in [6.07, 6.45) is 0.699. The number of rotatable bonds is 4. The number of benzene rings is 1. The zero-order valence-corrected chi connectivity index (χ0v) is 15.6. The second-order valence-electron chi connectivity index (χ2n) is 6.41. The number of aliphatic imine (C=N–C) groups is 1. The van der Waals surface area contributed by atoms with Crippen LogP contribution in [0.4, 0.5) is 0 Å². The van der Waals surface area contributed by atoms with Crippen molar-refractivity contribution in [3.63, 3.8) is 0 Å². The van der Waals surface area contributed by atoms with E-state index < -0.39 is 11.3 Å². The number of amides is 1. The van der Waals surface area contributed by atoms with Crippen molar-refractivity contribution in [3.8, 4) is 0 Å². The van der Waals surface area contributed by atoms with Crippen LogP contribution in [-0.2, 0) is 25.6 Å². The van der Waals surface area contributed by atoms with Gasteiger partial charge in [0.15, 0.2) is 11.5 Å². The normalized spacial score (nSPS) is 24.9. The minimum atomic E-state index is -1.16. The van der Waals surface area contributed by atoms with Gasteiger partial charge in [-0.05, 0) is 17.0 Å². The Kier molecular flexibility index (Phi) is 4.10. The Balaban J connectivity index is 1.86. The zero-order chi connectivity index (χ0) is 18.4. The first-order chi connectivity index (χ1) is 12.5. The molecule has 6 nitrogen and oxygen atoms in total.